The smallest absolute Gasteiger partial charge is 0.244 e. The first kappa shape index (κ1) is 14.6. The Morgan fingerprint density at radius 3 is 2.59 bits per heavy atom. The quantitative estimate of drug-likeness (QED) is 0.755. The predicted molar refractivity (Wildman–Crippen MR) is 67.8 cm³/mol. The number of hydrogen-bond donors (Lipinski definition) is 2. The summed E-state index contributed by atoms with van der Waals surface area (Å²) >= 11 is 3.24. The number of aromatic amines is 1. The Hall–Kier alpha value is -0.440. The van der Waals surface area contributed by atoms with E-state index in [-0.39, 0.29) is 10.9 Å². The molecule has 0 aromatic carbocycles. The summed E-state index contributed by atoms with van der Waals surface area (Å²) in [5.41, 5.74) is 0.987. The zero-order valence-electron chi connectivity index (χ0n) is 9.95. The average molecular weight is 326 g/mol. The molecule has 0 aliphatic carbocycles. The molecule has 8 heteroatoms. The summed E-state index contributed by atoms with van der Waals surface area (Å²) in [6, 6.07) is -0.307. The van der Waals surface area contributed by atoms with Crippen molar-refractivity contribution in [2.45, 2.75) is 24.8 Å². The number of ether oxygens (including phenoxy) is 1. The maximum absolute atomic E-state index is 12.1. The predicted octanol–water partition coefficient (Wildman–Crippen LogP) is 0.715. The zero-order valence-corrected chi connectivity index (χ0v) is 12.4. The molecule has 1 aromatic rings. The molecule has 0 aliphatic heterocycles. The molecule has 2 N–H and O–H groups in total. The number of rotatable bonds is 6. The van der Waals surface area contributed by atoms with E-state index in [2.05, 4.69) is 30.8 Å². The summed E-state index contributed by atoms with van der Waals surface area (Å²) in [6.07, 6.45) is 0. The Morgan fingerprint density at radius 1 is 1.53 bits per heavy atom. The average Bonchev–Trinajstić information content (AvgIpc) is 2.58. The number of hydrogen-bond acceptors (Lipinski definition) is 4. The summed E-state index contributed by atoms with van der Waals surface area (Å²) in [6.45, 7) is 3.63. The Kier molecular flexibility index (Phi) is 5.11. The molecule has 1 atom stereocenters. The number of sulfonamides is 1. The molecule has 0 saturated heterocycles. The van der Waals surface area contributed by atoms with Crippen LogP contribution < -0.4 is 4.72 Å². The van der Waals surface area contributed by atoms with Gasteiger partial charge in [-0.05, 0) is 13.8 Å². The molecule has 6 nitrogen and oxygen atoms in total. The molecular weight excluding hydrogens is 310 g/mol. The van der Waals surface area contributed by atoms with Gasteiger partial charge in [0.25, 0.3) is 0 Å². The first-order chi connectivity index (χ1) is 7.92. The highest BCUT2D eigenvalue weighted by Crippen LogP contribution is 2.16. The van der Waals surface area contributed by atoms with Gasteiger partial charge in [0.05, 0.1) is 24.0 Å². The number of aromatic nitrogens is 2. The Bertz CT molecular complexity index is 452. The summed E-state index contributed by atoms with van der Waals surface area (Å²) in [4.78, 5) is 0.208. The van der Waals surface area contributed by atoms with E-state index in [1.165, 1.54) is 7.11 Å². The molecule has 1 rings (SSSR count). The van der Waals surface area contributed by atoms with E-state index >= 15 is 0 Å². The van der Waals surface area contributed by atoms with Gasteiger partial charge < -0.3 is 4.74 Å². The van der Waals surface area contributed by atoms with Crippen molar-refractivity contribution in [1.82, 2.24) is 14.9 Å². The molecule has 1 aromatic heterocycles. The van der Waals surface area contributed by atoms with Gasteiger partial charge in [0, 0.05) is 12.4 Å². The summed E-state index contributed by atoms with van der Waals surface area (Å²) in [5.74, 6) is 0. The van der Waals surface area contributed by atoms with Crippen LogP contribution in [-0.4, -0.2) is 43.7 Å². The van der Waals surface area contributed by atoms with Crippen LogP contribution in [0.4, 0.5) is 0 Å². The topological polar surface area (TPSA) is 84.1 Å². The SMILES string of the molecule is COCC(CBr)NS(=O)(=O)c1c(C)n[nH]c1C. The second-order valence-electron chi connectivity index (χ2n) is 3.69. The van der Waals surface area contributed by atoms with E-state index in [1.807, 2.05) is 0 Å². The largest absolute Gasteiger partial charge is 0.383 e. The first-order valence-corrected chi connectivity index (χ1v) is 7.61. The number of halogens is 1. The monoisotopic (exact) mass is 325 g/mol. The van der Waals surface area contributed by atoms with Crippen LogP contribution in [0.1, 0.15) is 11.4 Å². The van der Waals surface area contributed by atoms with Gasteiger partial charge in [-0.1, -0.05) is 15.9 Å². The van der Waals surface area contributed by atoms with Crippen molar-refractivity contribution in [3.05, 3.63) is 11.4 Å². The summed E-state index contributed by atoms with van der Waals surface area (Å²) in [5, 5.41) is 7.01. The fraction of sp³-hybridized carbons (Fsp3) is 0.667. The van der Waals surface area contributed by atoms with Gasteiger partial charge in [-0.15, -0.1) is 0 Å². The highest BCUT2D eigenvalue weighted by atomic mass is 79.9. The summed E-state index contributed by atoms with van der Waals surface area (Å²) in [7, 11) is -2.04. The molecule has 0 aliphatic rings. The van der Waals surface area contributed by atoms with Crippen molar-refractivity contribution < 1.29 is 13.2 Å². The molecule has 0 bridgehead atoms. The van der Waals surface area contributed by atoms with Gasteiger partial charge in [0.2, 0.25) is 10.0 Å². The third-order valence-electron chi connectivity index (χ3n) is 2.21. The van der Waals surface area contributed by atoms with Gasteiger partial charge in [-0.2, -0.15) is 5.10 Å². The molecular formula is C9H16BrN3O3S. The van der Waals surface area contributed by atoms with E-state index < -0.39 is 10.0 Å². The van der Waals surface area contributed by atoms with Crippen LogP contribution >= 0.6 is 15.9 Å². The fourth-order valence-electron chi connectivity index (χ4n) is 1.53. The maximum Gasteiger partial charge on any atom is 0.244 e. The minimum atomic E-state index is -3.57. The van der Waals surface area contributed by atoms with Crippen LogP contribution in [0.25, 0.3) is 0 Å². The maximum atomic E-state index is 12.1. The Balaban J connectivity index is 2.96. The van der Waals surface area contributed by atoms with E-state index in [9.17, 15) is 8.42 Å². The normalized spacial score (nSPS) is 13.9. The van der Waals surface area contributed by atoms with Crippen molar-refractivity contribution in [3.8, 4) is 0 Å². The number of aryl methyl sites for hydroxylation is 2. The molecule has 0 fully saturated rings. The molecule has 1 unspecified atom stereocenters. The van der Waals surface area contributed by atoms with Gasteiger partial charge in [0.1, 0.15) is 4.90 Å². The number of nitrogens with one attached hydrogen (secondary N) is 2. The lowest BCUT2D eigenvalue weighted by Gasteiger charge is -2.15. The number of nitrogens with zero attached hydrogens (tertiary/aromatic N) is 1. The number of H-pyrrole nitrogens is 1. The molecule has 0 saturated carbocycles. The highest BCUT2D eigenvalue weighted by molar-refractivity contribution is 9.09. The summed E-state index contributed by atoms with van der Waals surface area (Å²) < 4.78 is 31.8. The van der Waals surface area contributed by atoms with Gasteiger partial charge in [-0.25, -0.2) is 13.1 Å². The lowest BCUT2D eigenvalue weighted by molar-refractivity contribution is 0.182. The zero-order chi connectivity index (χ0) is 13.1. The van der Waals surface area contributed by atoms with E-state index in [4.69, 9.17) is 4.74 Å². The van der Waals surface area contributed by atoms with Crippen LogP contribution in [0.3, 0.4) is 0 Å². The van der Waals surface area contributed by atoms with Crippen molar-refractivity contribution in [3.63, 3.8) is 0 Å². The van der Waals surface area contributed by atoms with E-state index in [0.717, 1.165) is 0 Å². The minimum Gasteiger partial charge on any atom is -0.383 e. The van der Waals surface area contributed by atoms with Crippen molar-refractivity contribution in [2.24, 2.45) is 0 Å². The molecule has 0 amide bonds. The molecule has 17 heavy (non-hydrogen) atoms. The van der Waals surface area contributed by atoms with Crippen LogP contribution in [0.5, 0.6) is 0 Å². The van der Waals surface area contributed by atoms with Crippen LogP contribution in [0, 0.1) is 13.8 Å². The second kappa shape index (κ2) is 5.94. The molecule has 1 heterocycles. The molecule has 98 valence electrons. The van der Waals surface area contributed by atoms with Crippen LogP contribution in [-0.2, 0) is 14.8 Å². The first-order valence-electron chi connectivity index (χ1n) is 5.01. The third kappa shape index (κ3) is 3.51. The van der Waals surface area contributed by atoms with Crippen molar-refractivity contribution in [1.29, 1.82) is 0 Å². The fourth-order valence-corrected chi connectivity index (χ4v) is 3.68. The van der Waals surface area contributed by atoms with Crippen molar-refractivity contribution >= 4 is 26.0 Å². The van der Waals surface area contributed by atoms with Gasteiger partial charge in [-0.3, -0.25) is 5.10 Å². The van der Waals surface area contributed by atoms with Crippen LogP contribution in [0.2, 0.25) is 0 Å². The molecule has 0 radical (unpaired) electrons. The Labute approximate surface area is 109 Å². The Morgan fingerprint density at radius 2 is 2.18 bits per heavy atom. The van der Waals surface area contributed by atoms with Crippen molar-refractivity contribution in [2.75, 3.05) is 19.0 Å². The highest BCUT2D eigenvalue weighted by Gasteiger charge is 2.25. The lowest BCUT2D eigenvalue weighted by atomic mass is 10.4. The van der Waals surface area contributed by atoms with Crippen LogP contribution in [0.15, 0.2) is 4.90 Å². The van der Waals surface area contributed by atoms with E-state index in [1.54, 1.807) is 13.8 Å². The minimum absolute atomic E-state index is 0.208. The lowest BCUT2D eigenvalue weighted by Crippen LogP contribution is -2.39. The number of alkyl halides is 1. The van der Waals surface area contributed by atoms with Gasteiger partial charge >= 0.3 is 0 Å². The second-order valence-corrected chi connectivity index (χ2v) is 5.99. The molecule has 0 spiro atoms. The number of methoxy groups -OCH3 is 1. The van der Waals surface area contributed by atoms with E-state index in [0.29, 0.717) is 23.3 Å². The van der Waals surface area contributed by atoms with Gasteiger partial charge in [0.15, 0.2) is 0 Å². The standard InChI is InChI=1S/C9H16BrN3O3S/c1-6-9(7(2)12-11-6)17(14,15)13-8(4-10)5-16-3/h8,13H,4-5H2,1-3H3,(H,11,12). The third-order valence-corrected chi connectivity index (χ3v) is 4.77.